The van der Waals surface area contributed by atoms with Crippen LogP contribution in [-0.4, -0.2) is 51.5 Å². The lowest BCUT2D eigenvalue weighted by Crippen LogP contribution is -2.49. The smallest absolute Gasteiger partial charge is 0.255 e. The van der Waals surface area contributed by atoms with Crippen LogP contribution in [0.5, 0.6) is 0 Å². The predicted molar refractivity (Wildman–Crippen MR) is 122 cm³/mol. The number of hydrogen-bond donors (Lipinski definition) is 1. The van der Waals surface area contributed by atoms with Crippen LogP contribution < -0.4 is 5.32 Å². The summed E-state index contributed by atoms with van der Waals surface area (Å²) < 4.78 is 5.55. The Kier molecular flexibility index (Phi) is 5.71. The minimum atomic E-state index is 0.0560. The molecular weight excluding hydrogens is 426 g/mol. The molecule has 3 aromatic rings. The van der Waals surface area contributed by atoms with E-state index in [-0.39, 0.29) is 5.91 Å². The first-order valence-corrected chi connectivity index (χ1v) is 11.3. The summed E-state index contributed by atoms with van der Waals surface area (Å²) >= 11 is 5.98. The van der Waals surface area contributed by atoms with Crippen molar-refractivity contribution in [2.24, 2.45) is 0 Å². The molecule has 2 aliphatic rings. The van der Waals surface area contributed by atoms with Crippen LogP contribution >= 0.6 is 11.6 Å². The van der Waals surface area contributed by atoms with E-state index >= 15 is 0 Å². The van der Waals surface area contributed by atoms with E-state index in [0.29, 0.717) is 42.4 Å². The Bertz CT molecular complexity index is 1140. The standard InChI is InChI=1S/C24H26ClN5O2/c1-15-9-18(23-27-21(32-28-23)14-29-8-7-26-11-16(29)2)10-19-13-30(24(31)22(15)19)12-17-3-5-20(25)6-4-17/h3-6,9-10,16,26H,7-8,11-14H2,1-2H3. The molecule has 8 heteroatoms. The first-order chi connectivity index (χ1) is 15.5. The van der Waals surface area contributed by atoms with Gasteiger partial charge in [0, 0.05) is 54.9 Å². The van der Waals surface area contributed by atoms with Crippen molar-refractivity contribution in [1.82, 2.24) is 25.3 Å². The molecule has 2 aliphatic heterocycles. The highest BCUT2D eigenvalue weighted by molar-refractivity contribution is 6.30. The molecule has 7 nitrogen and oxygen atoms in total. The predicted octanol–water partition coefficient (Wildman–Crippen LogP) is 3.65. The van der Waals surface area contributed by atoms with Crippen LogP contribution in [0.4, 0.5) is 0 Å². The molecule has 2 aromatic carbocycles. The van der Waals surface area contributed by atoms with Crippen molar-refractivity contribution in [3.8, 4) is 11.4 Å². The van der Waals surface area contributed by atoms with E-state index in [1.165, 1.54) is 0 Å². The summed E-state index contributed by atoms with van der Waals surface area (Å²) in [6, 6.07) is 12.0. The van der Waals surface area contributed by atoms with Crippen molar-refractivity contribution in [2.75, 3.05) is 19.6 Å². The Morgan fingerprint density at radius 3 is 2.81 bits per heavy atom. The molecule has 166 valence electrons. The summed E-state index contributed by atoms with van der Waals surface area (Å²) in [6.07, 6.45) is 0. The van der Waals surface area contributed by atoms with E-state index in [2.05, 4.69) is 27.3 Å². The first-order valence-electron chi connectivity index (χ1n) is 10.9. The third-order valence-corrected chi connectivity index (χ3v) is 6.52. The van der Waals surface area contributed by atoms with Crippen molar-refractivity contribution < 1.29 is 9.32 Å². The molecule has 1 N–H and O–H groups in total. The maximum absolute atomic E-state index is 13.0. The molecule has 5 rings (SSSR count). The van der Waals surface area contributed by atoms with Gasteiger partial charge in [-0.2, -0.15) is 4.98 Å². The minimum absolute atomic E-state index is 0.0560. The number of carbonyl (C=O) groups is 1. The van der Waals surface area contributed by atoms with Gasteiger partial charge in [0.2, 0.25) is 11.7 Å². The number of aryl methyl sites for hydroxylation is 1. The van der Waals surface area contributed by atoms with Crippen LogP contribution in [-0.2, 0) is 19.6 Å². The second-order valence-corrected chi connectivity index (χ2v) is 9.09. The van der Waals surface area contributed by atoms with E-state index in [1.807, 2.05) is 48.2 Å². The van der Waals surface area contributed by atoms with Crippen LogP contribution in [0.2, 0.25) is 5.02 Å². The number of nitrogens with one attached hydrogen (secondary N) is 1. The van der Waals surface area contributed by atoms with E-state index in [9.17, 15) is 4.79 Å². The number of amides is 1. The highest BCUT2D eigenvalue weighted by atomic mass is 35.5. The highest BCUT2D eigenvalue weighted by Crippen LogP contribution is 2.31. The molecule has 1 amide bonds. The topological polar surface area (TPSA) is 74.5 Å². The molecule has 1 unspecified atom stereocenters. The number of rotatable bonds is 5. The number of fused-ring (bicyclic) bond motifs is 1. The number of aromatic nitrogens is 2. The molecule has 1 aromatic heterocycles. The molecular formula is C24H26ClN5O2. The monoisotopic (exact) mass is 451 g/mol. The van der Waals surface area contributed by atoms with Gasteiger partial charge < -0.3 is 14.7 Å². The third kappa shape index (κ3) is 4.16. The normalized spacial score (nSPS) is 18.9. The van der Waals surface area contributed by atoms with E-state index in [0.717, 1.165) is 47.5 Å². The molecule has 1 saturated heterocycles. The molecule has 0 saturated carbocycles. The summed E-state index contributed by atoms with van der Waals surface area (Å²) in [7, 11) is 0. The molecule has 32 heavy (non-hydrogen) atoms. The third-order valence-electron chi connectivity index (χ3n) is 6.27. The number of halogens is 1. The number of benzene rings is 2. The van der Waals surface area contributed by atoms with E-state index in [4.69, 9.17) is 16.1 Å². The summed E-state index contributed by atoms with van der Waals surface area (Å²) in [4.78, 5) is 21.9. The van der Waals surface area contributed by atoms with Gasteiger partial charge in [0.15, 0.2) is 0 Å². The van der Waals surface area contributed by atoms with Crippen molar-refractivity contribution in [3.05, 3.63) is 69.6 Å². The van der Waals surface area contributed by atoms with Gasteiger partial charge in [0.25, 0.3) is 5.91 Å². The van der Waals surface area contributed by atoms with Crippen LogP contribution in [0.1, 0.15) is 39.9 Å². The Hall–Kier alpha value is -2.74. The fourth-order valence-corrected chi connectivity index (χ4v) is 4.65. The Morgan fingerprint density at radius 1 is 1.22 bits per heavy atom. The van der Waals surface area contributed by atoms with Gasteiger partial charge in [0.1, 0.15) is 0 Å². The Labute approximate surface area is 192 Å². The molecule has 1 atom stereocenters. The number of piperazine rings is 1. The Morgan fingerprint density at radius 2 is 2.03 bits per heavy atom. The van der Waals surface area contributed by atoms with Crippen molar-refractivity contribution >= 4 is 17.5 Å². The summed E-state index contributed by atoms with van der Waals surface area (Å²) in [5.74, 6) is 1.24. The fraction of sp³-hybridized carbons (Fsp3) is 0.375. The van der Waals surface area contributed by atoms with Crippen LogP contribution in [0, 0.1) is 6.92 Å². The van der Waals surface area contributed by atoms with Crippen molar-refractivity contribution in [1.29, 1.82) is 0 Å². The fourth-order valence-electron chi connectivity index (χ4n) is 4.52. The molecule has 3 heterocycles. The molecule has 1 fully saturated rings. The van der Waals surface area contributed by atoms with Crippen LogP contribution in [0.3, 0.4) is 0 Å². The summed E-state index contributed by atoms with van der Waals surface area (Å²) in [6.45, 7) is 8.82. The zero-order valence-electron chi connectivity index (χ0n) is 18.3. The quantitative estimate of drug-likeness (QED) is 0.638. The Balaban J connectivity index is 1.34. The average Bonchev–Trinajstić information content (AvgIpc) is 3.36. The SMILES string of the molecule is Cc1cc(-c2noc(CN3CCNCC3C)n2)cc2c1C(=O)N(Cc1ccc(Cl)cc1)C2. The lowest BCUT2D eigenvalue weighted by Gasteiger charge is -2.32. The number of carbonyl (C=O) groups excluding carboxylic acids is 1. The van der Waals surface area contributed by atoms with Crippen LogP contribution in [0.15, 0.2) is 40.9 Å². The molecule has 0 bridgehead atoms. The number of hydrogen-bond acceptors (Lipinski definition) is 6. The van der Waals surface area contributed by atoms with Gasteiger partial charge in [-0.3, -0.25) is 9.69 Å². The van der Waals surface area contributed by atoms with Crippen LogP contribution in [0.25, 0.3) is 11.4 Å². The lowest BCUT2D eigenvalue weighted by atomic mass is 10.00. The maximum Gasteiger partial charge on any atom is 0.255 e. The average molecular weight is 452 g/mol. The largest absolute Gasteiger partial charge is 0.338 e. The second kappa shape index (κ2) is 8.65. The first kappa shape index (κ1) is 21.1. The van der Waals surface area contributed by atoms with Gasteiger partial charge in [-0.1, -0.05) is 28.9 Å². The maximum atomic E-state index is 13.0. The molecule has 0 radical (unpaired) electrons. The summed E-state index contributed by atoms with van der Waals surface area (Å²) in [5.41, 5.74) is 4.65. The van der Waals surface area contributed by atoms with Gasteiger partial charge in [-0.25, -0.2) is 0 Å². The summed E-state index contributed by atoms with van der Waals surface area (Å²) in [5, 5.41) is 8.30. The highest BCUT2D eigenvalue weighted by Gasteiger charge is 2.30. The van der Waals surface area contributed by atoms with E-state index < -0.39 is 0 Å². The van der Waals surface area contributed by atoms with Gasteiger partial charge in [-0.05, 0) is 54.8 Å². The van der Waals surface area contributed by atoms with Crippen molar-refractivity contribution in [2.45, 2.75) is 39.5 Å². The van der Waals surface area contributed by atoms with Gasteiger partial charge in [-0.15, -0.1) is 0 Å². The zero-order valence-corrected chi connectivity index (χ0v) is 19.0. The number of nitrogens with zero attached hydrogens (tertiary/aromatic N) is 4. The minimum Gasteiger partial charge on any atom is -0.338 e. The molecule has 0 spiro atoms. The van der Waals surface area contributed by atoms with Crippen molar-refractivity contribution in [3.63, 3.8) is 0 Å². The van der Waals surface area contributed by atoms with Gasteiger partial charge >= 0.3 is 0 Å². The molecule has 0 aliphatic carbocycles. The van der Waals surface area contributed by atoms with Gasteiger partial charge in [0.05, 0.1) is 6.54 Å². The second-order valence-electron chi connectivity index (χ2n) is 8.65. The van der Waals surface area contributed by atoms with E-state index in [1.54, 1.807) is 0 Å². The zero-order chi connectivity index (χ0) is 22.2. The lowest BCUT2D eigenvalue weighted by molar-refractivity contribution is 0.0766.